The number of hydrogen-bond donors (Lipinski definition) is 2. The maximum Gasteiger partial charge on any atom is 0.343 e. The molecule has 0 fully saturated rings. The van der Waals surface area contributed by atoms with Crippen LogP contribution in [0.3, 0.4) is 0 Å². The Morgan fingerprint density at radius 1 is 0.864 bits per heavy atom. The SMILES string of the molecule is Cc1cc(O)ccc1OC(=O)c1ccc2cc(O)ccc2c1. The van der Waals surface area contributed by atoms with Crippen LogP contribution in [0, 0.1) is 6.92 Å². The summed E-state index contributed by atoms with van der Waals surface area (Å²) in [5.41, 5.74) is 1.10. The number of phenolic OH excluding ortho intramolecular Hbond substituents is 2. The Morgan fingerprint density at radius 3 is 2.27 bits per heavy atom. The number of carbonyl (C=O) groups is 1. The van der Waals surface area contributed by atoms with Gasteiger partial charge in [0.1, 0.15) is 17.2 Å². The zero-order valence-corrected chi connectivity index (χ0v) is 11.9. The molecule has 4 nitrogen and oxygen atoms in total. The average molecular weight is 294 g/mol. The van der Waals surface area contributed by atoms with Crippen LogP contribution in [0.2, 0.25) is 0 Å². The minimum atomic E-state index is -0.469. The second-order valence-electron chi connectivity index (χ2n) is 5.09. The number of hydrogen-bond acceptors (Lipinski definition) is 4. The first-order valence-electron chi connectivity index (χ1n) is 6.77. The topological polar surface area (TPSA) is 66.8 Å². The molecule has 0 aliphatic rings. The predicted molar refractivity (Wildman–Crippen MR) is 83.4 cm³/mol. The first-order chi connectivity index (χ1) is 10.5. The minimum Gasteiger partial charge on any atom is -0.508 e. The van der Waals surface area contributed by atoms with Crippen LogP contribution in [0.25, 0.3) is 10.8 Å². The smallest absolute Gasteiger partial charge is 0.343 e. The molecule has 0 aliphatic heterocycles. The Morgan fingerprint density at radius 2 is 1.50 bits per heavy atom. The number of carbonyl (C=O) groups excluding carboxylic acids is 1. The van der Waals surface area contributed by atoms with E-state index < -0.39 is 5.97 Å². The molecule has 3 aromatic rings. The highest BCUT2D eigenvalue weighted by Crippen LogP contribution is 2.25. The number of rotatable bonds is 2. The molecular weight excluding hydrogens is 280 g/mol. The Balaban J connectivity index is 1.90. The van der Waals surface area contributed by atoms with Crippen LogP contribution in [0.4, 0.5) is 0 Å². The quantitative estimate of drug-likeness (QED) is 0.557. The van der Waals surface area contributed by atoms with Crippen LogP contribution >= 0.6 is 0 Å². The van der Waals surface area contributed by atoms with Crippen molar-refractivity contribution in [3.05, 3.63) is 65.7 Å². The van der Waals surface area contributed by atoms with Crippen molar-refractivity contribution in [3.63, 3.8) is 0 Å². The molecule has 0 aromatic heterocycles. The maximum atomic E-state index is 12.2. The lowest BCUT2D eigenvalue weighted by molar-refractivity contribution is 0.0733. The second-order valence-corrected chi connectivity index (χ2v) is 5.09. The first kappa shape index (κ1) is 13.9. The van der Waals surface area contributed by atoms with E-state index in [4.69, 9.17) is 4.74 Å². The minimum absolute atomic E-state index is 0.128. The van der Waals surface area contributed by atoms with Gasteiger partial charge >= 0.3 is 5.97 Å². The van der Waals surface area contributed by atoms with Crippen LogP contribution in [-0.2, 0) is 0 Å². The third-order valence-electron chi connectivity index (χ3n) is 3.42. The lowest BCUT2D eigenvalue weighted by Crippen LogP contribution is -2.09. The summed E-state index contributed by atoms with van der Waals surface area (Å²) in [7, 11) is 0. The lowest BCUT2D eigenvalue weighted by Gasteiger charge is -2.08. The van der Waals surface area contributed by atoms with Gasteiger partial charge in [-0.15, -0.1) is 0 Å². The summed E-state index contributed by atoms with van der Waals surface area (Å²) < 4.78 is 5.36. The van der Waals surface area contributed by atoms with Crippen molar-refractivity contribution in [2.75, 3.05) is 0 Å². The van der Waals surface area contributed by atoms with Gasteiger partial charge in [-0.1, -0.05) is 12.1 Å². The molecule has 0 saturated heterocycles. The summed E-state index contributed by atoms with van der Waals surface area (Å²) in [6.07, 6.45) is 0. The average Bonchev–Trinajstić information content (AvgIpc) is 2.49. The molecule has 0 bridgehead atoms. The van der Waals surface area contributed by atoms with Crippen LogP contribution in [0.15, 0.2) is 54.6 Å². The third-order valence-corrected chi connectivity index (χ3v) is 3.42. The highest BCUT2D eigenvalue weighted by Gasteiger charge is 2.11. The lowest BCUT2D eigenvalue weighted by atomic mass is 10.1. The largest absolute Gasteiger partial charge is 0.508 e. The molecule has 3 rings (SSSR count). The zero-order chi connectivity index (χ0) is 15.7. The molecular formula is C18H14O4. The first-order valence-corrected chi connectivity index (χ1v) is 6.77. The van der Waals surface area contributed by atoms with E-state index in [9.17, 15) is 15.0 Å². The summed E-state index contributed by atoms with van der Waals surface area (Å²) in [6, 6.07) is 14.6. The van der Waals surface area contributed by atoms with Gasteiger partial charge in [-0.3, -0.25) is 0 Å². The normalized spacial score (nSPS) is 10.6. The number of esters is 1. The molecule has 0 aliphatic carbocycles. The maximum absolute atomic E-state index is 12.2. The molecule has 0 amide bonds. The number of aromatic hydroxyl groups is 2. The van der Waals surface area contributed by atoms with Crippen molar-refractivity contribution in [1.82, 2.24) is 0 Å². The van der Waals surface area contributed by atoms with Crippen LogP contribution < -0.4 is 4.74 Å². The summed E-state index contributed by atoms with van der Waals surface area (Å²) in [4.78, 5) is 12.2. The number of fused-ring (bicyclic) bond motifs is 1. The molecule has 0 unspecified atom stereocenters. The van der Waals surface area contributed by atoms with Crippen molar-refractivity contribution in [3.8, 4) is 17.2 Å². The fraction of sp³-hybridized carbons (Fsp3) is 0.0556. The van der Waals surface area contributed by atoms with Crippen molar-refractivity contribution >= 4 is 16.7 Å². The molecule has 4 heteroatoms. The molecule has 0 spiro atoms. The molecule has 2 N–H and O–H groups in total. The molecule has 0 heterocycles. The van der Waals surface area contributed by atoms with Gasteiger partial charge in [-0.2, -0.15) is 0 Å². The molecule has 0 radical (unpaired) electrons. The van der Waals surface area contributed by atoms with E-state index >= 15 is 0 Å². The standard InChI is InChI=1S/C18H14O4/c1-11-8-15(19)6-7-17(11)22-18(21)14-3-2-13-10-16(20)5-4-12(13)9-14/h2-10,19-20H,1H3. The van der Waals surface area contributed by atoms with E-state index in [2.05, 4.69) is 0 Å². The van der Waals surface area contributed by atoms with E-state index in [0.29, 0.717) is 16.9 Å². The van der Waals surface area contributed by atoms with Gasteiger partial charge in [-0.25, -0.2) is 4.79 Å². The summed E-state index contributed by atoms with van der Waals surface area (Å²) in [6.45, 7) is 1.76. The van der Waals surface area contributed by atoms with Crippen molar-refractivity contribution in [2.24, 2.45) is 0 Å². The molecule has 0 atom stereocenters. The van der Waals surface area contributed by atoms with Gasteiger partial charge in [0.15, 0.2) is 0 Å². The van der Waals surface area contributed by atoms with Gasteiger partial charge in [0.2, 0.25) is 0 Å². The third kappa shape index (κ3) is 2.72. The predicted octanol–water partition coefficient (Wildman–Crippen LogP) is 3.78. The summed E-state index contributed by atoms with van der Waals surface area (Å²) in [5, 5.41) is 20.5. The number of ether oxygens (including phenoxy) is 1. The Kier molecular flexibility index (Phi) is 3.43. The van der Waals surface area contributed by atoms with E-state index in [1.165, 1.54) is 12.1 Å². The van der Waals surface area contributed by atoms with Crippen molar-refractivity contribution in [2.45, 2.75) is 6.92 Å². The highest BCUT2D eigenvalue weighted by molar-refractivity contribution is 5.96. The van der Waals surface area contributed by atoms with Gasteiger partial charge in [0.25, 0.3) is 0 Å². The molecule has 22 heavy (non-hydrogen) atoms. The molecule has 110 valence electrons. The Hall–Kier alpha value is -3.01. The number of aryl methyl sites for hydroxylation is 1. The van der Waals surface area contributed by atoms with Gasteiger partial charge in [0.05, 0.1) is 5.56 Å². The summed E-state index contributed by atoms with van der Waals surface area (Å²) in [5.74, 6) is 0.253. The molecule has 3 aromatic carbocycles. The number of benzene rings is 3. The van der Waals surface area contributed by atoms with Gasteiger partial charge in [0, 0.05) is 0 Å². The summed E-state index contributed by atoms with van der Waals surface area (Å²) >= 11 is 0. The Labute approximate surface area is 127 Å². The van der Waals surface area contributed by atoms with Crippen LogP contribution in [0.1, 0.15) is 15.9 Å². The van der Waals surface area contributed by atoms with Crippen LogP contribution in [0.5, 0.6) is 17.2 Å². The van der Waals surface area contributed by atoms with Crippen molar-refractivity contribution < 1.29 is 19.7 Å². The monoisotopic (exact) mass is 294 g/mol. The van der Waals surface area contributed by atoms with Gasteiger partial charge in [-0.05, 0) is 65.7 Å². The van der Waals surface area contributed by atoms with E-state index in [0.717, 1.165) is 10.8 Å². The van der Waals surface area contributed by atoms with Crippen molar-refractivity contribution in [1.29, 1.82) is 0 Å². The highest BCUT2D eigenvalue weighted by atomic mass is 16.5. The second kappa shape index (κ2) is 5.41. The van der Waals surface area contributed by atoms with E-state index in [1.54, 1.807) is 49.4 Å². The van der Waals surface area contributed by atoms with Crippen LogP contribution in [-0.4, -0.2) is 16.2 Å². The zero-order valence-electron chi connectivity index (χ0n) is 11.9. The Bertz CT molecular complexity index is 868. The van der Waals surface area contributed by atoms with Gasteiger partial charge < -0.3 is 14.9 Å². The fourth-order valence-corrected chi connectivity index (χ4v) is 2.27. The van der Waals surface area contributed by atoms with E-state index in [-0.39, 0.29) is 11.5 Å². The fourth-order valence-electron chi connectivity index (χ4n) is 2.27. The molecule has 0 saturated carbocycles. The van der Waals surface area contributed by atoms with E-state index in [1.807, 2.05) is 0 Å². The number of phenols is 2.